The Morgan fingerprint density at radius 3 is 2.60 bits per heavy atom. The van der Waals surface area contributed by atoms with Crippen molar-refractivity contribution in [2.24, 2.45) is 4.99 Å². The largest absolute Gasteiger partial charge is 0.357 e. The highest BCUT2D eigenvalue weighted by atomic mass is 127. The van der Waals surface area contributed by atoms with Gasteiger partial charge in [-0.1, -0.05) is 29.8 Å². The Hall–Kier alpha value is -0.640. The second kappa shape index (κ2) is 11.9. The van der Waals surface area contributed by atoms with Crippen LogP contribution in [-0.2, 0) is 17.3 Å². The summed E-state index contributed by atoms with van der Waals surface area (Å²) >= 11 is 7.55. The summed E-state index contributed by atoms with van der Waals surface area (Å²) in [5.41, 5.74) is 0. The Bertz CT molecular complexity index is 694. The molecule has 138 valence electrons. The van der Waals surface area contributed by atoms with E-state index in [0.29, 0.717) is 12.3 Å². The topological polar surface area (TPSA) is 44.7 Å². The molecule has 0 aliphatic rings. The summed E-state index contributed by atoms with van der Waals surface area (Å²) < 4.78 is 13.0. The molecule has 0 radical (unpaired) electrons. The molecule has 2 aromatic rings. The summed E-state index contributed by atoms with van der Waals surface area (Å²) in [7, 11) is 0.969. The number of nitrogens with one attached hydrogen (secondary N) is 1. The zero-order chi connectivity index (χ0) is 17.4. The van der Waals surface area contributed by atoms with Gasteiger partial charge in [0.25, 0.3) is 0 Å². The Morgan fingerprint density at radius 1 is 1.28 bits per heavy atom. The van der Waals surface area contributed by atoms with Crippen molar-refractivity contribution in [2.45, 2.75) is 18.4 Å². The van der Waals surface area contributed by atoms with E-state index in [2.05, 4.69) is 15.2 Å². The van der Waals surface area contributed by atoms with Crippen LogP contribution in [0.5, 0.6) is 0 Å². The zero-order valence-electron chi connectivity index (χ0n) is 14.3. The van der Waals surface area contributed by atoms with Crippen molar-refractivity contribution < 1.29 is 4.21 Å². The third kappa shape index (κ3) is 7.64. The van der Waals surface area contributed by atoms with Crippen molar-refractivity contribution in [3.63, 3.8) is 0 Å². The number of hydrogen-bond donors (Lipinski definition) is 1. The van der Waals surface area contributed by atoms with Crippen molar-refractivity contribution in [3.05, 3.63) is 51.7 Å². The maximum atomic E-state index is 12.2. The first-order valence-corrected chi connectivity index (χ1v) is 10.3. The van der Waals surface area contributed by atoms with Crippen molar-refractivity contribution >= 4 is 63.7 Å². The highest BCUT2D eigenvalue weighted by Gasteiger charge is 2.09. The molecular formula is C17H23ClIN3OS2. The van der Waals surface area contributed by atoms with E-state index in [1.54, 1.807) is 11.3 Å². The number of nitrogens with zero attached hydrogens (tertiary/aromatic N) is 2. The summed E-state index contributed by atoms with van der Waals surface area (Å²) in [6.07, 6.45) is 0. The van der Waals surface area contributed by atoms with Crippen LogP contribution in [0.15, 0.2) is 52.4 Å². The van der Waals surface area contributed by atoms with Gasteiger partial charge in [0.2, 0.25) is 0 Å². The number of guanidine groups is 1. The fourth-order valence-electron chi connectivity index (χ4n) is 2.14. The van der Waals surface area contributed by atoms with Crippen LogP contribution in [0.4, 0.5) is 0 Å². The van der Waals surface area contributed by atoms with Crippen LogP contribution in [-0.4, -0.2) is 41.0 Å². The van der Waals surface area contributed by atoms with E-state index in [9.17, 15) is 4.21 Å². The van der Waals surface area contributed by atoms with E-state index in [1.165, 1.54) is 4.88 Å². The Balaban J connectivity index is 0.00000312. The molecule has 1 atom stereocenters. The van der Waals surface area contributed by atoms with Crippen LogP contribution in [0.25, 0.3) is 0 Å². The summed E-state index contributed by atoms with van der Waals surface area (Å²) in [4.78, 5) is 8.67. The lowest BCUT2D eigenvalue weighted by Crippen LogP contribution is -2.38. The molecule has 1 N–H and O–H groups in total. The molecule has 0 spiro atoms. The minimum absolute atomic E-state index is 0. The smallest absolute Gasteiger partial charge is 0.194 e. The molecule has 0 saturated carbocycles. The number of hydrogen-bond acceptors (Lipinski definition) is 3. The van der Waals surface area contributed by atoms with Gasteiger partial charge in [0, 0.05) is 29.1 Å². The molecule has 0 aliphatic heterocycles. The molecule has 1 unspecified atom stereocenters. The fraction of sp³-hybridized carbons (Fsp3) is 0.353. The molecule has 0 saturated heterocycles. The van der Waals surface area contributed by atoms with Gasteiger partial charge >= 0.3 is 0 Å². The lowest BCUT2D eigenvalue weighted by molar-refractivity contribution is 0.482. The third-order valence-electron chi connectivity index (χ3n) is 3.26. The van der Waals surface area contributed by atoms with Gasteiger partial charge in [0.05, 0.1) is 28.2 Å². The summed E-state index contributed by atoms with van der Waals surface area (Å²) in [5, 5.41) is 3.27. The number of benzene rings is 1. The second-order valence-electron chi connectivity index (χ2n) is 5.16. The molecule has 0 amide bonds. The normalized spacial score (nSPS) is 12.4. The number of halogens is 2. The van der Waals surface area contributed by atoms with Crippen molar-refractivity contribution in [3.8, 4) is 0 Å². The van der Waals surface area contributed by atoms with E-state index in [4.69, 9.17) is 11.6 Å². The Labute approximate surface area is 178 Å². The molecule has 1 aromatic carbocycles. The first-order valence-electron chi connectivity index (χ1n) is 7.77. The van der Waals surface area contributed by atoms with Crippen molar-refractivity contribution in [1.82, 2.24) is 10.2 Å². The predicted molar refractivity (Wildman–Crippen MR) is 120 cm³/mol. The average Bonchev–Trinajstić information content (AvgIpc) is 2.99. The van der Waals surface area contributed by atoms with E-state index >= 15 is 0 Å². The van der Waals surface area contributed by atoms with Gasteiger partial charge in [-0.25, -0.2) is 0 Å². The minimum Gasteiger partial charge on any atom is -0.357 e. The van der Waals surface area contributed by atoms with Crippen molar-refractivity contribution in [2.75, 3.05) is 25.9 Å². The summed E-state index contributed by atoms with van der Waals surface area (Å²) in [5.74, 6) is 1.32. The predicted octanol–water partition coefficient (Wildman–Crippen LogP) is 4.22. The van der Waals surface area contributed by atoms with Crippen LogP contribution in [0, 0.1) is 0 Å². The molecule has 1 heterocycles. The van der Waals surface area contributed by atoms with E-state index < -0.39 is 10.8 Å². The van der Waals surface area contributed by atoms with E-state index in [0.717, 1.165) is 28.3 Å². The molecular weight excluding hydrogens is 489 g/mol. The Kier molecular flexibility index (Phi) is 10.6. The van der Waals surface area contributed by atoms with Crippen LogP contribution in [0.2, 0.25) is 4.34 Å². The lowest BCUT2D eigenvalue weighted by Gasteiger charge is -2.21. The molecule has 8 heteroatoms. The molecule has 0 aliphatic carbocycles. The summed E-state index contributed by atoms with van der Waals surface area (Å²) in [6, 6.07) is 13.4. The number of rotatable bonds is 7. The monoisotopic (exact) mass is 511 g/mol. The fourth-order valence-corrected chi connectivity index (χ4v) is 4.23. The van der Waals surface area contributed by atoms with Gasteiger partial charge in [0.15, 0.2) is 5.96 Å². The van der Waals surface area contributed by atoms with Crippen LogP contribution in [0.1, 0.15) is 11.8 Å². The highest BCUT2D eigenvalue weighted by molar-refractivity contribution is 14.0. The number of aliphatic imine (C=N–C) groups is 1. The first-order chi connectivity index (χ1) is 11.6. The van der Waals surface area contributed by atoms with Crippen LogP contribution < -0.4 is 5.32 Å². The molecule has 4 nitrogen and oxygen atoms in total. The maximum Gasteiger partial charge on any atom is 0.194 e. The zero-order valence-corrected chi connectivity index (χ0v) is 19.0. The molecule has 0 fully saturated rings. The quantitative estimate of drug-likeness (QED) is 0.344. The van der Waals surface area contributed by atoms with Gasteiger partial charge in [0.1, 0.15) is 0 Å². The third-order valence-corrected chi connectivity index (χ3v) is 5.83. The highest BCUT2D eigenvalue weighted by Crippen LogP contribution is 2.22. The van der Waals surface area contributed by atoms with Gasteiger partial charge in [-0.3, -0.25) is 9.20 Å². The van der Waals surface area contributed by atoms with Gasteiger partial charge < -0.3 is 10.2 Å². The van der Waals surface area contributed by atoms with Gasteiger partial charge in [-0.15, -0.1) is 35.3 Å². The molecule has 1 aromatic heterocycles. The first kappa shape index (κ1) is 22.4. The van der Waals surface area contributed by atoms with Gasteiger partial charge in [-0.2, -0.15) is 0 Å². The van der Waals surface area contributed by atoms with E-state index in [1.807, 2.05) is 56.4 Å². The van der Waals surface area contributed by atoms with E-state index in [-0.39, 0.29) is 24.0 Å². The number of thiophene rings is 1. The minimum atomic E-state index is -1.02. The Morgan fingerprint density at radius 2 is 2.00 bits per heavy atom. The van der Waals surface area contributed by atoms with Crippen molar-refractivity contribution in [1.29, 1.82) is 0 Å². The average molecular weight is 512 g/mol. The SMILES string of the molecule is CCNC(=NCCS(=O)c1ccccc1)N(C)Cc1ccc(Cl)s1.I. The molecule has 2 rings (SSSR count). The molecule has 25 heavy (non-hydrogen) atoms. The maximum absolute atomic E-state index is 12.2. The lowest BCUT2D eigenvalue weighted by atomic mass is 10.4. The van der Waals surface area contributed by atoms with Crippen LogP contribution in [0.3, 0.4) is 0 Å². The van der Waals surface area contributed by atoms with Crippen LogP contribution >= 0.6 is 46.9 Å². The van der Waals surface area contributed by atoms with Gasteiger partial charge in [-0.05, 0) is 31.2 Å². The second-order valence-corrected chi connectivity index (χ2v) is 8.53. The summed E-state index contributed by atoms with van der Waals surface area (Å²) in [6.45, 7) is 4.08. The standard InChI is InChI=1S/C17H22ClN3OS2.HI/c1-3-19-17(21(2)13-14-9-10-16(18)23-14)20-11-12-24(22)15-7-5-4-6-8-15;/h4-10H,3,11-13H2,1-2H3,(H,19,20);1H. The molecule has 0 bridgehead atoms.